The third kappa shape index (κ3) is 12.4. The molecule has 218 valence electrons. The number of carbonyl (C=O) groups is 2. The van der Waals surface area contributed by atoms with E-state index in [0.29, 0.717) is 6.42 Å². The van der Waals surface area contributed by atoms with Gasteiger partial charge in [-0.25, -0.2) is 4.79 Å². The number of aliphatic carboxylic acids is 1. The Bertz CT molecular complexity index is 635. The molecule has 1 amide bonds. The fourth-order valence-corrected chi connectivity index (χ4v) is 4.81. The van der Waals surface area contributed by atoms with E-state index in [1.807, 2.05) is 0 Å². The second-order valence-corrected chi connectivity index (χ2v) is 10.3. The Labute approximate surface area is 221 Å². The molecule has 0 aliphatic carbocycles. The van der Waals surface area contributed by atoms with E-state index < -0.39 is 61.1 Å². The van der Waals surface area contributed by atoms with Crippen LogP contribution in [0.25, 0.3) is 0 Å². The van der Waals surface area contributed by atoms with Gasteiger partial charge in [0.15, 0.2) is 0 Å². The summed E-state index contributed by atoms with van der Waals surface area (Å²) < 4.78 is 11.2. The van der Waals surface area contributed by atoms with Gasteiger partial charge in [-0.15, -0.1) is 0 Å². The quantitative estimate of drug-likeness (QED) is 0.122. The van der Waals surface area contributed by atoms with Gasteiger partial charge in [0, 0.05) is 13.3 Å². The Balaban J connectivity index is 2.41. The van der Waals surface area contributed by atoms with Gasteiger partial charge >= 0.3 is 5.97 Å². The molecule has 10 nitrogen and oxygen atoms in total. The highest BCUT2D eigenvalue weighted by Gasteiger charge is 2.55. The normalized spacial score (nSPS) is 25.5. The molecule has 0 aromatic heterocycles. The zero-order valence-electron chi connectivity index (χ0n) is 22.8. The summed E-state index contributed by atoms with van der Waals surface area (Å²) in [5.74, 6) is -4.26. The van der Waals surface area contributed by atoms with E-state index in [-0.39, 0.29) is 6.61 Å². The lowest BCUT2D eigenvalue weighted by Gasteiger charge is -2.46. The van der Waals surface area contributed by atoms with Crippen molar-refractivity contribution in [1.29, 1.82) is 0 Å². The van der Waals surface area contributed by atoms with Crippen molar-refractivity contribution >= 4 is 11.9 Å². The Kier molecular flexibility index (Phi) is 17.2. The van der Waals surface area contributed by atoms with E-state index >= 15 is 0 Å². The van der Waals surface area contributed by atoms with Crippen molar-refractivity contribution in [1.82, 2.24) is 5.32 Å². The number of ether oxygens (including phenoxy) is 2. The first-order valence-corrected chi connectivity index (χ1v) is 14.2. The van der Waals surface area contributed by atoms with Crippen molar-refractivity contribution in [3.8, 4) is 0 Å². The average Bonchev–Trinajstić information content (AvgIpc) is 2.86. The Morgan fingerprint density at radius 1 is 0.946 bits per heavy atom. The maximum atomic E-state index is 12.1. The lowest BCUT2D eigenvalue weighted by Crippen LogP contribution is -2.67. The number of carbonyl (C=O) groups excluding carboxylic acids is 1. The summed E-state index contributed by atoms with van der Waals surface area (Å²) in [4.78, 5) is 23.7. The van der Waals surface area contributed by atoms with Crippen LogP contribution < -0.4 is 5.32 Å². The summed E-state index contributed by atoms with van der Waals surface area (Å²) in [6, 6.07) is -1.19. The van der Waals surface area contributed by atoms with Crippen molar-refractivity contribution in [3.05, 3.63) is 0 Å². The molecule has 0 radical (unpaired) electrons. The maximum absolute atomic E-state index is 12.1. The molecular weight excluding hydrogens is 482 g/mol. The number of amides is 1. The molecule has 0 aromatic rings. The van der Waals surface area contributed by atoms with Crippen LogP contribution in [0.2, 0.25) is 0 Å². The predicted molar refractivity (Wildman–Crippen MR) is 139 cm³/mol. The van der Waals surface area contributed by atoms with E-state index in [0.717, 1.165) is 19.3 Å². The Morgan fingerprint density at radius 2 is 1.43 bits per heavy atom. The summed E-state index contributed by atoms with van der Waals surface area (Å²) >= 11 is 0. The number of aliphatic hydroxyl groups excluding tert-OH is 4. The van der Waals surface area contributed by atoms with E-state index in [9.17, 15) is 35.1 Å². The Morgan fingerprint density at radius 3 is 1.86 bits per heavy atom. The number of unbranched alkanes of at least 4 members (excludes halogenated alkanes) is 13. The molecule has 1 fully saturated rings. The van der Waals surface area contributed by atoms with Gasteiger partial charge in [-0.2, -0.15) is 0 Å². The van der Waals surface area contributed by atoms with Crippen LogP contribution in [-0.2, 0) is 19.1 Å². The summed E-state index contributed by atoms with van der Waals surface area (Å²) in [6.07, 6.45) is 9.75. The molecule has 37 heavy (non-hydrogen) atoms. The van der Waals surface area contributed by atoms with Crippen molar-refractivity contribution < 1.29 is 44.6 Å². The minimum atomic E-state index is -2.24. The fraction of sp³-hybridized carbons (Fsp3) is 0.926. The summed E-state index contributed by atoms with van der Waals surface area (Å²) in [6.45, 7) is 2.69. The number of nitrogens with one attached hydrogen (secondary N) is 1. The Hall–Kier alpha value is -1.30. The molecule has 0 bridgehead atoms. The smallest absolute Gasteiger partial charge is 0.364 e. The number of hydrogen-bond donors (Lipinski definition) is 6. The molecule has 6 atom stereocenters. The average molecular weight is 534 g/mol. The number of aliphatic hydroxyl groups is 4. The molecule has 10 heteroatoms. The molecule has 0 aromatic carbocycles. The van der Waals surface area contributed by atoms with Crippen molar-refractivity contribution in [2.45, 2.75) is 146 Å². The summed E-state index contributed by atoms with van der Waals surface area (Å²) in [5, 5.41) is 52.4. The zero-order chi connectivity index (χ0) is 27.7. The lowest BCUT2D eigenvalue weighted by atomic mass is 9.88. The van der Waals surface area contributed by atoms with Crippen LogP contribution in [0.4, 0.5) is 0 Å². The molecule has 0 saturated carbocycles. The van der Waals surface area contributed by atoms with Crippen LogP contribution in [0, 0.1) is 0 Å². The van der Waals surface area contributed by atoms with E-state index in [4.69, 9.17) is 9.47 Å². The van der Waals surface area contributed by atoms with Gasteiger partial charge < -0.3 is 40.3 Å². The number of carboxylic acids is 1. The highest BCUT2D eigenvalue weighted by atomic mass is 16.7. The third-order valence-corrected chi connectivity index (χ3v) is 7.02. The summed E-state index contributed by atoms with van der Waals surface area (Å²) in [5.41, 5.74) is 0. The first-order valence-electron chi connectivity index (χ1n) is 14.2. The van der Waals surface area contributed by atoms with Gasteiger partial charge in [-0.1, -0.05) is 90.4 Å². The monoisotopic (exact) mass is 533 g/mol. The molecule has 0 spiro atoms. The molecule has 6 N–H and O–H groups in total. The largest absolute Gasteiger partial charge is 0.477 e. The van der Waals surface area contributed by atoms with Crippen LogP contribution in [0.5, 0.6) is 0 Å². The number of carboxylic acid groups (broad SMARTS) is 1. The third-order valence-electron chi connectivity index (χ3n) is 7.02. The van der Waals surface area contributed by atoms with E-state index in [1.54, 1.807) is 0 Å². The van der Waals surface area contributed by atoms with Crippen LogP contribution in [0.3, 0.4) is 0 Å². The number of rotatable bonds is 21. The number of hydrogen-bond acceptors (Lipinski definition) is 8. The van der Waals surface area contributed by atoms with Gasteiger partial charge in [0.05, 0.1) is 25.4 Å². The van der Waals surface area contributed by atoms with Crippen LogP contribution in [0.1, 0.15) is 110 Å². The first kappa shape index (κ1) is 33.7. The predicted octanol–water partition coefficient (Wildman–Crippen LogP) is 2.63. The van der Waals surface area contributed by atoms with E-state index in [1.165, 1.54) is 71.1 Å². The molecular formula is C27H51NO9. The first-order chi connectivity index (χ1) is 17.7. The molecule has 4 unspecified atom stereocenters. The SMILES string of the molecule is CCCCCCCCCCCCCCCCOC1(C(=O)O)CC(O)C(NC(C)=O)C([C@@H](O)[C@H](O)CO)O1. The zero-order valence-corrected chi connectivity index (χ0v) is 22.8. The molecule has 1 aliphatic heterocycles. The van der Waals surface area contributed by atoms with Crippen LogP contribution >= 0.6 is 0 Å². The van der Waals surface area contributed by atoms with Crippen molar-refractivity contribution in [2.24, 2.45) is 0 Å². The van der Waals surface area contributed by atoms with Crippen LogP contribution in [-0.4, -0.2) is 86.9 Å². The van der Waals surface area contributed by atoms with Crippen molar-refractivity contribution in [2.75, 3.05) is 13.2 Å². The minimum Gasteiger partial charge on any atom is -0.477 e. The van der Waals surface area contributed by atoms with Gasteiger partial charge in [-0.3, -0.25) is 4.79 Å². The van der Waals surface area contributed by atoms with Crippen molar-refractivity contribution in [3.63, 3.8) is 0 Å². The van der Waals surface area contributed by atoms with Gasteiger partial charge in [0.2, 0.25) is 5.91 Å². The summed E-state index contributed by atoms with van der Waals surface area (Å²) in [7, 11) is 0. The molecule has 1 heterocycles. The van der Waals surface area contributed by atoms with Gasteiger partial charge in [-0.05, 0) is 6.42 Å². The highest BCUT2D eigenvalue weighted by Crippen LogP contribution is 2.33. The highest BCUT2D eigenvalue weighted by molar-refractivity contribution is 5.76. The fourth-order valence-electron chi connectivity index (χ4n) is 4.81. The molecule has 1 saturated heterocycles. The van der Waals surface area contributed by atoms with Gasteiger partial charge in [0.1, 0.15) is 18.3 Å². The lowest BCUT2D eigenvalue weighted by molar-refractivity contribution is -0.311. The molecule has 1 aliphatic rings. The second-order valence-electron chi connectivity index (χ2n) is 10.3. The molecule has 1 rings (SSSR count). The second kappa shape index (κ2) is 18.9. The topological polar surface area (TPSA) is 166 Å². The van der Waals surface area contributed by atoms with E-state index in [2.05, 4.69) is 12.2 Å². The minimum absolute atomic E-state index is 0.0766. The standard InChI is InChI=1S/C27H51NO9/c1-3-4-5-6-7-8-9-10-11-12-13-14-15-16-17-36-27(26(34)35)18-21(31)23(28-20(2)30)25(37-27)24(33)22(32)19-29/h21-25,29,31-33H,3-19H2,1-2H3,(H,28,30)(H,34,35)/t21?,22-,23?,24+,25?,27?/m1/s1. The van der Waals surface area contributed by atoms with Gasteiger partial charge in [0.25, 0.3) is 5.79 Å². The van der Waals surface area contributed by atoms with Crippen LogP contribution in [0.15, 0.2) is 0 Å². The maximum Gasteiger partial charge on any atom is 0.364 e.